The first-order chi connectivity index (χ1) is 17.2. The van der Waals surface area contributed by atoms with Gasteiger partial charge in [0.05, 0.1) is 12.3 Å². The predicted octanol–water partition coefficient (Wildman–Crippen LogP) is 6.13. The van der Waals surface area contributed by atoms with Gasteiger partial charge in [0.1, 0.15) is 11.5 Å². The Kier molecular flexibility index (Phi) is 7.63. The molecule has 0 bridgehead atoms. The van der Waals surface area contributed by atoms with E-state index in [-0.39, 0.29) is 23.8 Å². The minimum atomic E-state index is -0.196. The fourth-order valence-electron chi connectivity index (χ4n) is 4.05. The number of hydrogen-bond acceptors (Lipinski definition) is 4. The third-order valence-electron chi connectivity index (χ3n) is 6.24. The predicted molar refractivity (Wildman–Crippen MR) is 143 cm³/mol. The lowest BCUT2D eigenvalue weighted by Gasteiger charge is -2.30. The molecule has 3 aromatic rings. The summed E-state index contributed by atoms with van der Waals surface area (Å²) in [4.78, 5) is 27.2. The standard InChI is InChI=1S/C30H34N2O4/c1-21-7-14-25(15-8-21)35-18-6-5-17-32-26-19-24(13-16-27(26)36-20-28(32)33)31-29(34)22-9-11-23(12-10-22)30(2,3)4/h7-16,19H,5-6,17-18,20H2,1-4H3,(H,31,34). The van der Waals surface area contributed by atoms with Crippen molar-refractivity contribution in [2.75, 3.05) is 30.0 Å². The minimum Gasteiger partial charge on any atom is -0.494 e. The van der Waals surface area contributed by atoms with Gasteiger partial charge in [-0.25, -0.2) is 0 Å². The number of hydrogen-bond donors (Lipinski definition) is 1. The van der Waals surface area contributed by atoms with E-state index >= 15 is 0 Å². The smallest absolute Gasteiger partial charge is 0.265 e. The van der Waals surface area contributed by atoms with Crippen LogP contribution in [0.2, 0.25) is 0 Å². The van der Waals surface area contributed by atoms with E-state index in [1.165, 1.54) is 11.1 Å². The van der Waals surface area contributed by atoms with E-state index in [0.29, 0.717) is 35.8 Å². The van der Waals surface area contributed by atoms with Gasteiger partial charge in [0, 0.05) is 17.8 Å². The molecule has 6 heteroatoms. The highest BCUT2D eigenvalue weighted by Gasteiger charge is 2.25. The molecule has 1 aliphatic rings. The van der Waals surface area contributed by atoms with Crippen LogP contribution in [0.25, 0.3) is 0 Å². The van der Waals surface area contributed by atoms with Crippen LogP contribution in [0.3, 0.4) is 0 Å². The molecule has 4 rings (SSSR count). The molecule has 0 radical (unpaired) electrons. The van der Waals surface area contributed by atoms with Crippen molar-refractivity contribution in [3.8, 4) is 11.5 Å². The molecule has 0 aliphatic carbocycles. The molecule has 0 fully saturated rings. The lowest BCUT2D eigenvalue weighted by molar-refractivity contribution is -0.121. The maximum Gasteiger partial charge on any atom is 0.265 e. The topological polar surface area (TPSA) is 67.9 Å². The average molecular weight is 487 g/mol. The molecule has 1 aliphatic heterocycles. The first kappa shape index (κ1) is 25.3. The number of carbonyl (C=O) groups is 2. The van der Waals surface area contributed by atoms with E-state index < -0.39 is 0 Å². The summed E-state index contributed by atoms with van der Waals surface area (Å²) in [5.74, 6) is 1.20. The molecule has 2 amide bonds. The van der Waals surface area contributed by atoms with Crippen molar-refractivity contribution in [2.24, 2.45) is 0 Å². The molecule has 1 N–H and O–H groups in total. The Morgan fingerprint density at radius 1 is 1.00 bits per heavy atom. The summed E-state index contributed by atoms with van der Waals surface area (Å²) in [7, 11) is 0. The molecule has 0 saturated carbocycles. The Balaban J connectivity index is 1.37. The van der Waals surface area contributed by atoms with Gasteiger partial charge in [-0.05, 0) is 73.2 Å². The number of fused-ring (bicyclic) bond motifs is 1. The summed E-state index contributed by atoms with van der Waals surface area (Å²) in [5, 5.41) is 2.95. The van der Waals surface area contributed by atoms with Crippen molar-refractivity contribution in [1.29, 1.82) is 0 Å². The van der Waals surface area contributed by atoms with Gasteiger partial charge in [-0.3, -0.25) is 9.59 Å². The van der Waals surface area contributed by atoms with E-state index in [1.807, 2.05) is 55.5 Å². The number of nitrogens with one attached hydrogen (secondary N) is 1. The zero-order valence-electron chi connectivity index (χ0n) is 21.5. The molecule has 36 heavy (non-hydrogen) atoms. The molecule has 0 atom stereocenters. The van der Waals surface area contributed by atoms with Crippen molar-refractivity contribution >= 4 is 23.2 Å². The van der Waals surface area contributed by atoms with Crippen molar-refractivity contribution < 1.29 is 19.1 Å². The number of aryl methyl sites for hydroxylation is 1. The van der Waals surface area contributed by atoms with Crippen molar-refractivity contribution in [1.82, 2.24) is 0 Å². The van der Waals surface area contributed by atoms with Gasteiger partial charge in [-0.2, -0.15) is 0 Å². The number of anilines is 2. The van der Waals surface area contributed by atoms with E-state index in [4.69, 9.17) is 9.47 Å². The normalized spacial score (nSPS) is 13.1. The molecule has 188 valence electrons. The highest BCUT2D eigenvalue weighted by atomic mass is 16.5. The second-order valence-electron chi connectivity index (χ2n) is 10.2. The number of amides is 2. The lowest BCUT2D eigenvalue weighted by atomic mass is 9.87. The summed E-state index contributed by atoms with van der Waals surface area (Å²) in [6, 6.07) is 21.0. The van der Waals surface area contributed by atoms with E-state index in [2.05, 4.69) is 26.1 Å². The van der Waals surface area contributed by atoms with Crippen LogP contribution < -0.4 is 19.7 Å². The zero-order chi connectivity index (χ0) is 25.7. The van der Waals surface area contributed by atoms with Crippen LogP contribution in [-0.2, 0) is 10.2 Å². The van der Waals surface area contributed by atoms with Crippen LogP contribution in [0.4, 0.5) is 11.4 Å². The number of carbonyl (C=O) groups excluding carboxylic acids is 2. The molecule has 6 nitrogen and oxygen atoms in total. The molecule has 3 aromatic carbocycles. The Morgan fingerprint density at radius 3 is 2.42 bits per heavy atom. The maximum absolute atomic E-state index is 12.8. The number of nitrogens with zero attached hydrogens (tertiary/aromatic N) is 1. The minimum absolute atomic E-state index is 0.0126. The zero-order valence-corrected chi connectivity index (χ0v) is 21.5. The number of ether oxygens (including phenoxy) is 2. The SMILES string of the molecule is Cc1ccc(OCCCCN2C(=O)COc3ccc(NC(=O)c4ccc(C(C)(C)C)cc4)cc32)cc1. The van der Waals surface area contributed by atoms with Gasteiger partial charge in [0.15, 0.2) is 6.61 Å². The molecule has 0 aromatic heterocycles. The van der Waals surface area contributed by atoms with Crippen LogP contribution in [0.15, 0.2) is 66.7 Å². The fraction of sp³-hybridized carbons (Fsp3) is 0.333. The van der Waals surface area contributed by atoms with E-state index in [9.17, 15) is 9.59 Å². The third-order valence-corrected chi connectivity index (χ3v) is 6.24. The molecule has 0 saturated heterocycles. The summed E-state index contributed by atoms with van der Waals surface area (Å²) in [6.07, 6.45) is 1.60. The fourth-order valence-corrected chi connectivity index (χ4v) is 4.05. The van der Waals surface area contributed by atoms with E-state index in [0.717, 1.165) is 18.6 Å². The second kappa shape index (κ2) is 10.9. The molecular formula is C30H34N2O4. The quantitative estimate of drug-likeness (QED) is 0.389. The lowest BCUT2D eigenvalue weighted by Crippen LogP contribution is -2.39. The Labute approximate surface area is 213 Å². The molecule has 0 unspecified atom stereocenters. The molecule has 1 heterocycles. The van der Waals surface area contributed by atoms with Crippen molar-refractivity contribution in [3.05, 3.63) is 83.4 Å². The highest BCUT2D eigenvalue weighted by molar-refractivity contribution is 6.05. The molecule has 0 spiro atoms. The monoisotopic (exact) mass is 486 g/mol. The van der Waals surface area contributed by atoms with Crippen LogP contribution >= 0.6 is 0 Å². The van der Waals surface area contributed by atoms with Crippen LogP contribution in [0, 0.1) is 6.92 Å². The maximum atomic E-state index is 12.8. The van der Waals surface area contributed by atoms with Crippen LogP contribution in [0.1, 0.15) is 55.1 Å². The van der Waals surface area contributed by atoms with Gasteiger partial charge in [0.2, 0.25) is 0 Å². The summed E-state index contributed by atoms with van der Waals surface area (Å²) >= 11 is 0. The largest absolute Gasteiger partial charge is 0.494 e. The Morgan fingerprint density at radius 2 is 1.72 bits per heavy atom. The van der Waals surface area contributed by atoms with Gasteiger partial charge in [-0.15, -0.1) is 0 Å². The first-order valence-electron chi connectivity index (χ1n) is 12.4. The Bertz CT molecular complexity index is 1210. The van der Waals surface area contributed by atoms with Gasteiger partial charge < -0.3 is 19.7 Å². The number of unbranched alkanes of at least 4 members (excludes halogenated alkanes) is 1. The number of rotatable bonds is 8. The second-order valence-corrected chi connectivity index (χ2v) is 10.2. The first-order valence-corrected chi connectivity index (χ1v) is 12.4. The third kappa shape index (κ3) is 6.25. The van der Waals surface area contributed by atoms with E-state index in [1.54, 1.807) is 23.1 Å². The van der Waals surface area contributed by atoms with Gasteiger partial charge >= 0.3 is 0 Å². The Hall–Kier alpha value is -3.80. The van der Waals surface area contributed by atoms with Crippen molar-refractivity contribution in [3.63, 3.8) is 0 Å². The van der Waals surface area contributed by atoms with Crippen molar-refractivity contribution in [2.45, 2.75) is 46.0 Å². The van der Waals surface area contributed by atoms with Gasteiger partial charge in [-0.1, -0.05) is 50.6 Å². The van der Waals surface area contributed by atoms with Crippen LogP contribution in [-0.4, -0.2) is 31.6 Å². The molecular weight excluding hydrogens is 452 g/mol. The summed E-state index contributed by atoms with van der Waals surface area (Å²) < 4.78 is 11.4. The number of benzene rings is 3. The summed E-state index contributed by atoms with van der Waals surface area (Å²) in [6.45, 7) is 9.61. The summed E-state index contributed by atoms with van der Waals surface area (Å²) in [5.41, 5.74) is 4.26. The average Bonchev–Trinajstić information content (AvgIpc) is 2.85. The highest BCUT2D eigenvalue weighted by Crippen LogP contribution is 2.35. The van der Waals surface area contributed by atoms with Gasteiger partial charge in [0.25, 0.3) is 11.8 Å². The van der Waals surface area contributed by atoms with Crippen LogP contribution in [0.5, 0.6) is 11.5 Å².